The third kappa shape index (κ3) is 2.48. The van der Waals surface area contributed by atoms with Gasteiger partial charge >= 0.3 is 0 Å². The van der Waals surface area contributed by atoms with Crippen LogP contribution in [0.4, 0.5) is 5.69 Å². The van der Waals surface area contributed by atoms with Crippen LogP contribution in [0.2, 0.25) is 5.02 Å². The Morgan fingerprint density at radius 1 is 1.10 bits per heavy atom. The van der Waals surface area contributed by atoms with E-state index in [1.54, 1.807) is 4.68 Å². The summed E-state index contributed by atoms with van der Waals surface area (Å²) < 4.78 is 1.62. The lowest BCUT2D eigenvalue weighted by Crippen LogP contribution is -2.02. The third-order valence-corrected chi connectivity index (χ3v) is 3.66. The Bertz CT molecular complexity index is 810. The first kappa shape index (κ1) is 13.6. The van der Waals surface area contributed by atoms with Gasteiger partial charge in [-0.1, -0.05) is 29.8 Å². The van der Waals surface area contributed by atoms with Gasteiger partial charge < -0.3 is 5.73 Å². The molecule has 0 amide bonds. The monoisotopic (exact) mass is 299 g/mol. The Hall–Kier alpha value is -2.40. The van der Waals surface area contributed by atoms with Gasteiger partial charge in [0, 0.05) is 11.3 Å². The van der Waals surface area contributed by atoms with E-state index in [1.807, 2.05) is 50.2 Å². The molecule has 0 saturated heterocycles. The zero-order valence-electron chi connectivity index (χ0n) is 11.7. The van der Waals surface area contributed by atoms with E-state index in [2.05, 4.69) is 15.5 Å². The van der Waals surface area contributed by atoms with E-state index in [1.165, 1.54) is 0 Å². The van der Waals surface area contributed by atoms with Crippen LogP contribution in [0.5, 0.6) is 0 Å². The Kier molecular flexibility index (Phi) is 3.35. The summed E-state index contributed by atoms with van der Waals surface area (Å²) in [6, 6.07) is 11.5. The summed E-state index contributed by atoms with van der Waals surface area (Å²) in [7, 11) is 0. The lowest BCUT2D eigenvalue weighted by Gasteiger charge is -2.09. The van der Waals surface area contributed by atoms with E-state index >= 15 is 0 Å². The van der Waals surface area contributed by atoms with Gasteiger partial charge in [-0.25, -0.2) is 0 Å². The molecule has 1 heterocycles. The van der Waals surface area contributed by atoms with Gasteiger partial charge in [0.1, 0.15) is 0 Å². The van der Waals surface area contributed by atoms with Crippen molar-refractivity contribution in [1.82, 2.24) is 20.2 Å². The van der Waals surface area contributed by atoms with Crippen LogP contribution in [0.15, 0.2) is 36.4 Å². The Labute approximate surface area is 127 Å². The van der Waals surface area contributed by atoms with E-state index in [0.717, 1.165) is 22.4 Å². The van der Waals surface area contributed by atoms with Crippen LogP contribution in [0.3, 0.4) is 0 Å². The van der Waals surface area contributed by atoms with E-state index in [9.17, 15) is 0 Å². The van der Waals surface area contributed by atoms with Crippen molar-refractivity contribution in [2.45, 2.75) is 13.8 Å². The summed E-state index contributed by atoms with van der Waals surface area (Å²) in [6.07, 6.45) is 0. The molecule has 0 aliphatic carbocycles. The highest BCUT2D eigenvalue weighted by Crippen LogP contribution is 2.27. The molecule has 0 spiro atoms. The molecule has 2 N–H and O–H groups in total. The minimum Gasteiger partial charge on any atom is -0.398 e. The third-order valence-electron chi connectivity index (χ3n) is 3.34. The van der Waals surface area contributed by atoms with Crippen LogP contribution >= 0.6 is 11.6 Å². The molecule has 3 aromatic rings. The number of aryl methyl sites for hydroxylation is 2. The summed E-state index contributed by atoms with van der Waals surface area (Å²) in [6.45, 7) is 3.95. The highest BCUT2D eigenvalue weighted by molar-refractivity contribution is 6.32. The Morgan fingerprint density at radius 2 is 1.90 bits per heavy atom. The maximum atomic E-state index is 6.26. The first-order valence-electron chi connectivity index (χ1n) is 6.47. The minimum absolute atomic E-state index is 0.592. The van der Waals surface area contributed by atoms with Gasteiger partial charge in [0.05, 0.1) is 10.7 Å². The van der Waals surface area contributed by atoms with E-state index < -0.39 is 0 Å². The number of anilines is 1. The van der Waals surface area contributed by atoms with Crippen LogP contribution in [0.25, 0.3) is 17.1 Å². The predicted octanol–water partition coefficient (Wildman–Crippen LogP) is 3.18. The molecule has 0 fully saturated rings. The van der Waals surface area contributed by atoms with E-state index in [4.69, 9.17) is 17.3 Å². The van der Waals surface area contributed by atoms with Crippen LogP contribution in [-0.2, 0) is 0 Å². The van der Waals surface area contributed by atoms with Gasteiger partial charge in [-0.3, -0.25) is 0 Å². The molecule has 106 valence electrons. The van der Waals surface area contributed by atoms with Crippen molar-refractivity contribution < 1.29 is 0 Å². The Morgan fingerprint density at radius 3 is 2.67 bits per heavy atom. The molecule has 0 atom stereocenters. The SMILES string of the molecule is Cc1ccc(Cl)c(-n2nnnc2-c2ccc(C)c(N)c2)c1. The molecule has 0 aliphatic rings. The number of nitrogens with zero attached hydrogens (tertiary/aromatic N) is 4. The summed E-state index contributed by atoms with van der Waals surface area (Å²) in [5.41, 5.74) is 10.4. The highest BCUT2D eigenvalue weighted by atomic mass is 35.5. The molecule has 1 aromatic heterocycles. The summed E-state index contributed by atoms with van der Waals surface area (Å²) in [4.78, 5) is 0. The van der Waals surface area contributed by atoms with Crippen molar-refractivity contribution in [3.8, 4) is 17.1 Å². The largest absolute Gasteiger partial charge is 0.398 e. The summed E-state index contributed by atoms with van der Waals surface area (Å²) >= 11 is 6.26. The molecule has 0 unspecified atom stereocenters. The fourth-order valence-corrected chi connectivity index (χ4v) is 2.29. The number of halogens is 1. The summed E-state index contributed by atoms with van der Waals surface area (Å²) in [5, 5.41) is 12.5. The maximum Gasteiger partial charge on any atom is 0.187 e. The van der Waals surface area contributed by atoms with Crippen molar-refractivity contribution in [1.29, 1.82) is 0 Å². The topological polar surface area (TPSA) is 69.6 Å². The first-order valence-corrected chi connectivity index (χ1v) is 6.85. The molecule has 0 aliphatic heterocycles. The number of nitrogen functional groups attached to an aromatic ring is 1. The second kappa shape index (κ2) is 5.18. The summed E-state index contributed by atoms with van der Waals surface area (Å²) in [5.74, 6) is 0.606. The first-order chi connectivity index (χ1) is 10.1. The minimum atomic E-state index is 0.592. The van der Waals surface area contributed by atoms with Crippen LogP contribution in [0.1, 0.15) is 11.1 Å². The lowest BCUT2D eigenvalue weighted by molar-refractivity contribution is 0.791. The molecule has 6 heteroatoms. The van der Waals surface area contributed by atoms with E-state index in [-0.39, 0.29) is 0 Å². The van der Waals surface area contributed by atoms with Crippen LogP contribution < -0.4 is 5.73 Å². The maximum absolute atomic E-state index is 6.26. The fraction of sp³-hybridized carbons (Fsp3) is 0.133. The Balaban J connectivity index is 2.17. The molecular weight excluding hydrogens is 286 g/mol. The highest BCUT2D eigenvalue weighted by Gasteiger charge is 2.14. The number of nitrogens with two attached hydrogens (primary N) is 1. The zero-order valence-corrected chi connectivity index (χ0v) is 12.5. The van der Waals surface area contributed by atoms with Gasteiger partial charge in [0.2, 0.25) is 0 Å². The van der Waals surface area contributed by atoms with Gasteiger partial charge in [-0.2, -0.15) is 4.68 Å². The van der Waals surface area contributed by atoms with Crippen molar-refractivity contribution in [3.63, 3.8) is 0 Å². The number of tetrazole rings is 1. The molecule has 0 saturated carbocycles. The van der Waals surface area contributed by atoms with Crippen molar-refractivity contribution in [2.24, 2.45) is 0 Å². The fourth-order valence-electron chi connectivity index (χ4n) is 2.09. The van der Waals surface area contributed by atoms with E-state index in [0.29, 0.717) is 16.5 Å². The zero-order chi connectivity index (χ0) is 15.0. The average molecular weight is 300 g/mol. The molecule has 0 radical (unpaired) electrons. The molecule has 5 nitrogen and oxygen atoms in total. The molecule has 3 rings (SSSR count). The molecule has 21 heavy (non-hydrogen) atoms. The number of aromatic nitrogens is 4. The number of benzene rings is 2. The number of rotatable bonds is 2. The van der Waals surface area contributed by atoms with Crippen molar-refractivity contribution in [2.75, 3.05) is 5.73 Å². The molecule has 0 bridgehead atoms. The number of hydrogen-bond acceptors (Lipinski definition) is 4. The standard InChI is InChI=1S/C15H14ClN5/c1-9-3-6-12(16)14(7-9)21-15(18-19-20-21)11-5-4-10(2)13(17)8-11/h3-8H,17H2,1-2H3. The second-order valence-electron chi connectivity index (χ2n) is 4.94. The predicted molar refractivity (Wildman–Crippen MR) is 83.5 cm³/mol. The average Bonchev–Trinajstić information content (AvgIpc) is 2.93. The second-order valence-corrected chi connectivity index (χ2v) is 5.35. The molecular formula is C15H14ClN5. The van der Waals surface area contributed by atoms with Gasteiger partial charge in [0.15, 0.2) is 5.82 Å². The van der Waals surface area contributed by atoms with Gasteiger partial charge in [0.25, 0.3) is 0 Å². The van der Waals surface area contributed by atoms with Crippen molar-refractivity contribution >= 4 is 17.3 Å². The van der Waals surface area contributed by atoms with Gasteiger partial charge in [-0.05, 0) is 53.6 Å². The smallest absolute Gasteiger partial charge is 0.187 e. The lowest BCUT2D eigenvalue weighted by atomic mass is 10.1. The van der Waals surface area contributed by atoms with Crippen LogP contribution in [-0.4, -0.2) is 20.2 Å². The van der Waals surface area contributed by atoms with Crippen molar-refractivity contribution in [3.05, 3.63) is 52.5 Å². The quantitative estimate of drug-likeness (QED) is 0.738. The van der Waals surface area contributed by atoms with Gasteiger partial charge in [-0.15, -0.1) is 5.10 Å². The normalized spacial score (nSPS) is 10.8. The van der Waals surface area contributed by atoms with Crippen LogP contribution in [0, 0.1) is 13.8 Å². The number of hydrogen-bond donors (Lipinski definition) is 1. The molecule has 2 aromatic carbocycles.